The van der Waals surface area contributed by atoms with Gasteiger partial charge in [0.25, 0.3) is 0 Å². The zero-order chi connectivity index (χ0) is 13.7. The Morgan fingerprint density at radius 3 is 3.05 bits per heavy atom. The molecule has 8 heteroatoms. The molecule has 0 atom stereocenters. The van der Waals surface area contributed by atoms with Crippen molar-refractivity contribution in [3.8, 4) is 11.5 Å². The molecule has 0 saturated heterocycles. The van der Waals surface area contributed by atoms with Gasteiger partial charge in [-0.3, -0.25) is 4.99 Å². The van der Waals surface area contributed by atoms with Crippen LogP contribution in [0.1, 0.15) is 5.56 Å². The van der Waals surface area contributed by atoms with E-state index in [1.165, 1.54) is 11.3 Å². The fourth-order valence-electron chi connectivity index (χ4n) is 2.27. The van der Waals surface area contributed by atoms with Gasteiger partial charge in [-0.2, -0.15) is 0 Å². The van der Waals surface area contributed by atoms with Gasteiger partial charge >= 0.3 is 0 Å². The van der Waals surface area contributed by atoms with Crippen LogP contribution in [0.5, 0.6) is 0 Å². The molecule has 2 N–H and O–H groups in total. The normalized spacial score (nSPS) is 16.6. The van der Waals surface area contributed by atoms with Crippen LogP contribution in [-0.4, -0.2) is 33.9 Å². The van der Waals surface area contributed by atoms with E-state index in [-0.39, 0.29) is 0 Å². The Labute approximate surface area is 127 Å². The first-order valence-corrected chi connectivity index (χ1v) is 7.67. The number of hydrogen-bond donors (Lipinski definition) is 1. The lowest BCUT2D eigenvalue weighted by atomic mass is 10.2. The van der Waals surface area contributed by atoms with Crippen LogP contribution in [0.2, 0.25) is 0 Å². The molecule has 6 nitrogen and oxygen atoms in total. The molecule has 2 aromatic heterocycles. The monoisotopic (exact) mass is 348 g/mol. The number of thiazole rings is 1. The van der Waals surface area contributed by atoms with Crippen LogP contribution >= 0.6 is 27.3 Å². The van der Waals surface area contributed by atoms with Crippen molar-refractivity contribution < 1.29 is 0 Å². The van der Waals surface area contributed by atoms with Crippen molar-refractivity contribution in [2.45, 2.75) is 0 Å². The van der Waals surface area contributed by atoms with Gasteiger partial charge in [0.15, 0.2) is 11.0 Å². The highest BCUT2D eigenvalue weighted by atomic mass is 79.9. The van der Waals surface area contributed by atoms with E-state index >= 15 is 0 Å². The minimum absolute atomic E-state index is 0.521. The fourth-order valence-corrected chi connectivity index (χ4v) is 3.40. The van der Waals surface area contributed by atoms with Crippen molar-refractivity contribution in [1.82, 2.24) is 15.0 Å². The lowest BCUT2D eigenvalue weighted by Crippen LogP contribution is -2.31. The van der Waals surface area contributed by atoms with E-state index in [2.05, 4.69) is 40.8 Å². The van der Waals surface area contributed by atoms with Crippen LogP contribution in [-0.2, 0) is 0 Å². The number of amidine groups is 1. The van der Waals surface area contributed by atoms with E-state index in [0.717, 1.165) is 34.8 Å². The van der Waals surface area contributed by atoms with E-state index in [1.54, 1.807) is 0 Å². The van der Waals surface area contributed by atoms with Gasteiger partial charge in [-0.1, -0.05) is 0 Å². The third-order valence-corrected chi connectivity index (χ3v) is 4.40. The Morgan fingerprint density at radius 2 is 2.25 bits per heavy atom. The van der Waals surface area contributed by atoms with Crippen LogP contribution in [0.4, 0.5) is 10.9 Å². The molecule has 100 valence electrons. The Balaban J connectivity index is 1.86. The number of anilines is 2. The van der Waals surface area contributed by atoms with E-state index in [4.69, 9.17) is 5.73 Å². The molecular formula is C12H9BrN6S. The van der Waals surface area contributed by atoms with Gasteiger partial charge in [0.05, 0.1) is 11.0 Å². The number of nitrogen functional groups attached to an aromatic ring is 1. The van der Waals surface area contributed by atoms with Crippen molar-refractivity contribution in [2.75, 3.05) is 23.7 Å². The predicted octanol–water partition coefficient (Wildman–Crippen LogP) is 2.15. The Kier molecular flexibility index (Phi) is 2.61. The topological polar surface area (TPSA) is 80.3 Å². The molecule has 0 bridgehead atoms. The van der Waals surface area contributed by atoms with E-state index in [0.29, 0.717) is 16.6 Å². The number of nitrogens with two attached hydrogens (primary N) is 1. The van der Waals surface area contributed by atoms with Crippen molar-refractivity contribution in [1.29, 1.82) is 0 Å². The number of fused-ring (bicyclic) bond motifs is 3. The second-order valence-corrected chi connectivity index (χ2v) is 6.14. The summed E-state index contributed by atoms with van der Waals surface area (Å²) in [5.74, 6) is 2.40. The molecule has 2 aliphatic heterocycles. The summed E-state index contributed by atoms with van der Waals surface area (Å²) in [6.45, 7) is 1.61. The Hall–Kier alpha value is -1.80. The summed E-state index contributed by atoms with van der Waals surface area (Å²) < 4.78 is 0.969. The van der Waals surface area contributed by atoms with E-state index in [1.807, 2.05) is 17.7 Å². The van der Waals surface area contributed by atoms with Crippen LogP contribution in [0.3, 0.4) is 0 Å². The van der Waals surface area contributed by atoms with Crippen molar-refractivity contribution in [3.63, 3.8) is 0 Å². The maximum Gasteiger partial charge on any atom is 0.181 e. The second kappa shape index (κ2) is 4.35. The summed E-state index contributed by atoms with van der Waals surface area (Å²) in [7, 11) is 0. The van der Waals surface area contributed by atoms with Crippen LogP contribution in [0.25, 0.3) is 17.6 Å². The molecule has 20 heavy (non-hydrogen) atoms. The van der Waals surface area contributed by atoms with E-state index < -0.39 is 0 Å². The summed E-state index contributed by atoms with van der Waals surface area (Å²) >= 11 is 4.92. The minimum atomic E-state index is 0.521. The molecule has 0 unspecified atom stereocenters. The van der Waals surface area contributed by atoms with Crippen LogP contribution in [0.15, 0.2) is 21.1 Å². The van der Waals surface area contributed by atoms with Crippen LogP contribution < -0.4 is 10.6 Å². The first-order chi connectivity index (χ1) is 9.72. The summed E-state index contributed by atoms with van der Waals surface area (Å²) in [5.41, 5.74) is 7.35. The third kappa shape index (κ3) is 1.75. The highest BCUT2D eigenvalue weighted by molar-refractivity contribution is 9.12. The molecule has 2 aromatic rings. The summed E-state index contributed by atoms with van der Waals surface area (Å²) in [6.07, 6.45) is 3.80. The van der Waals surface area contributed by atoms with Gasteiger partial charge in [0.2, 0.25) is 0 Å². The summed E-state index contributed by atoms with van der Waals surface area (Å²) in [5, 5.41) is 2.39. The fraction of sp³-hybridized carbons (Fsp3) is 0.167. The summed E-state index contributed by atoms with van der Waals surface area (Å²) in [4.78, 5) is 19.8. The van der Waals surface area contributed by atoms with Gasteiger partial charge in [-0.25, -0.2) is 15.0 Å². The van der Waals surface area contributed by atoms with Crippen LogP contribution in [0, 0.1) is 0 Å². The third-order valence-electron chi connectivity index (χ3n) is 3.14. The molecule has 0 aliphatic carbocycles. The molecule has 0 spiro atoms. The van der Waals surface area contributed by atoms with Crippen molar-refractivity contribution in [2.24, 2.45) is 4.99 Å². The quantitative estimate of drug-likeness (QED) is 0.853. The van der Waals surface area contributed by atoms with Gasteiger partial charge in [0.1, 0.15) is 17.3 Å². The van der Waals surface area contributed by atoms with Crippen molar-refractivity contribution >= 4 is 50.1 Å². The van der Waals surface area contributed by atoms with Crippen molar-refractivity contribution in [3.05, 3.63) is 21.6 Å². The molecule has 0 aromatic carbocycles. The predicted molar refractivity (Wildman–Crippen MR) is 84.1 cm³/mol. The number of hydrogen-bond acceptors (Lipinski definition) is 7. The Bertz CT molecular complexity index is 765. The SMILES string of the molecule is Nc1nc(-c2ncc3c(n2)N2CCN=C2C(Br)=C3)cs1. The first kappa shape index (κ1) is 12.0. The minimum Gasteiger partial charge on any atom is -0.375 e. The standard InChI is InChI=1S/C12H9BrN6S/c13-7-3-6-4-16-9(8-5-20-12(14)17-8)18-10(6)19-2-1-15-11(7)19/h3-5H,1-2H2,(H2,14,17). The molecule has 0 amide bonds. The lowest BCUT2D eigenvalue weighted by Gasteiger charge is -2.25. The maximum atomic E-state index is 5.66. The molecular weight excluding hydrogens is 340 g/mol. The van der Waals surface area contributed by atoms with Gasteiger partial charge < -0.3 is 10.6 Å². The zero-order valence-electron chi connectivity index (χ0n) is 10.2. The average molecular weight is 349 g/mol. The molecule has 0 fully saturated rings. The smallest absolute Gasteiger partial charge is 0.181 e. The first-order valence-electron chi connectivity index (χ1n) is 6.00. The number of aliphatic imine (C=N–C) groups is 1. The average Bonchev–Trinajstić information content (AvgIpc) is 3.07. The number of aromatic nitrogens is 3. The highest BCUT2D eigenvalue weighted by Crippen LogP contribution is 2.33. The highest BCUT2D eigenvalue weighted by Gasteiger charge is 2.28. The lowest BCUT2D eigenvalue weighted by molar-refractivity contribution is 0.985. The summed E-state index contributed by atoms with van der Waals surface area (Å²) in [6, 6.07) is 0. The molecule has 4 heterocycles. The van der Waals surface area contributed by atoms with E-state index in [9.17, 15) is 0 Å². The zero-order valence-corrected chi connectivity index (χ0v) is 12.6. The second-order valence-electron chi connectivity index (χ2n) is 4.39. The van der Waals surface area contributed by atoms with Gasteiger partial charge in [-0.05, 0) is 22.0 Å². The largest absolute Gasteiger partial charge is 0.375 e. The van der Waals surface area contributed by atoms with Gasteiger partial charge in [0, 0.05) is 23.7 Å². The number of nitrogens with zero attached hydrogens (tertiary/aromatic N) is 5. The number of halogens is 1. The van der Waals surface area contributed by atoms with Gasteiger partial charge in [-0.15, -0.1) is 11.3 Å². The molecule has 0 saturated carbocycles. The molecule has 0 radical (unpaired) electrons. The number of rotatable bonds is 1. The molecule has 2 aliphatic rings. The molecule has 4 rings (SSSR count). The maximum absolute atomic E-state index is 5.66. The Morgan fingerprint density at radius 1 is 1.35 bits per heavy atom.